The number of carbonyl (C=O) groups is 1. The van der Waals surface area contributed by atoms with Gasteiger partial charge < -0.3 is 15.5 Å². The summed E-state index contributed by atoms with van der Waals surface area (Å²) in [6, 6.07) is 7.85. The Balaban J connectivity index is 1.59. The molecule has 1 unspecified atom stereocenters. The van der Waals surface area contributed by atoms with Crippen molar-refractivity contribution in [2.24, 2.45) is 11.8 Å². The van der Waals surface area contributed by atoms with Crippen LogP contribution in [0, 0.1) is 17.7 Å². The van der Waals surface area contributed by atoms with Gasteiger partial charge >= 0.3 is 0 Å². The lowest BCUT2D eigenvalue weighted by Gasteiger charge is -2.40. The van der Waals surface area contributed by atoms with Crippen molar-refractivity contribution in [1.82, 2.24) is 0 Å². The quantitative estimate of drug-likeness (QED) is 0.600. The maximum Gasteiger partial charge on any atom is 0.255 e. The minimum atomic E-state index is -3.82. The number of fused-ring (bicyclic) bond motifs is 2. The summed E-state index contributed by atoms with van der Waals surface area (Å²) in [6.07, 6.45) is 2.32. The third-order valence-corrected chi connectivity index (χ3v) is 9.68. The Morgan fingerprint density at radius 1 is 1.19 bits per heavy atom. The largest absolute Gasteiger partial charge is 0.392 e. The predicted octanol–water partition coefficient (Wildman–Crippen LogP) is 3.94. The number of benzene rings is 2. The van der Waals surface area contributed by atoms with Gasteiger partial charge in [0.05, 0.1) is 27.4 Å². The maximum absolute atomic E-state index is 13.6. The molecule has 2 bridgehead atoms. The molecular weight excluding hydrogens is 457 g/mol. The van der Waals surface area contributed by atoms with E-state index in [0.717, 1.165) is 18.9 Å². The fourth-order valence-corrected chi connectivity index (χ4v) is 7.44. The summed E-state index contributed by atoms with van der Waals surface area (Å²) in [5.74, 6) is -1.33. The Labute approximate surface area is 191 Å². The second-order valence-electron chi connectivity index (χ2n) is 8.90. The van der Waals surface area contributed by atoms with Gasteiger partial charge in [-0.15, -0.1) is 0 Å². The minimum absolute atomic E-state index is 0.0324. The first kappa shape index (κ1) is 23.2. The zero-order valence-electron chi connectivity index (χ0n) is 17.5. The molecular formula is C23H25ClFNO5S. The van der Waals surface area contributed by atoms with Gasteiger partial charge in [0, 0.05) is 16.8 Å². The smallest absolute Gasteiger partial charge is 0.255 e. The number of amides is 1. The van der Waals surface area contributed by atoms with Gasteiger partial charge in [0.15, 0.2) is 9.84 Å². The summed E-state index contributed by atoms with van der Waals surface area (Å²) in [4.78, 5) is 12.6. The molecule has 0 radical (unpaired) electrons. The Morgan fingerprint density at radius 3 is 2.47 bits per heavy atom. The molecule has 2 aliphatic rings. The van der Waals surface area contributed by atoms with Gasteiger partial charge in [0.25, 0.3) is 5.91 Å². The van der Waals surface area contributed by atoms with Crippen molar-refractivity contribution in [2.75, 3.05) is 5.32 Å². The average molecular weight is 482 g/mol. The van der Waals surface area contributed by atoms with Crippen molar-refractivity contribution in [2.45, 2.75) is 55.0 Å². The van der Waals surface area contributed by atoms with E-state index in [4.69, 9.17) is 11.6 Å². The van der Waals surface area contributed by atoms with E-state index in [1.165, 1.54) is 30.3 Å². The molecule has 0 aromatic heterocycles. The van der Waals surface area contributed by atoms with Gasteiger partial charge in [-0.05, 0) is 80.8 Å². The number of rotatable bonds is 5. The van der Waals surface area contributed by atoms with E-state index in [1.807, 2.05) is 0 Å². The zero-order valence-corrected chi connectivity index (χ0v) is 19.1. The molecule has 6 nitrogen and oxygen atoms in total. The number of aliphatic hydroxyl groups is 2. The third-order valence-electron chi connectivity index (χ3n) is 7.02. The fraction of sp³-hybridized carbons (Fsp3) is 0.435. The maximum atomic E-state index is 13.6. The molecule has 1 amide bonds. The van der Waals surface area contributed by atoms with Crippen LogP contribution < -0.4 is 5.32 Å². The Kier molecular flexibility index (Phi) is 6.09. The Hall–Kier alpha value is -2.00. The standard InChI is InChI=1S/C23H25ClFNO5S/c1-23(29)15-3-4-16(23)11-18(10-15)32(30,31)21-9-13(2-6-19(21)24)22(28)26-17-5-7-20(25)14(8-17)12-27/h2,5-9,15-16,18,27,29H,3-4,10-12H2,1H3,(H,26,28)/t15-,16?,18-,23-/m0/s1. The Morgan fingerprint density at radius 2 is 1.84 bits per heavy atom. The number of anilines is 1. The summed E-state index contributed by atoms with van der Waals surface area (Å²) in [6.45, 7) is 1.27. The Bertz CT molecular complexity index is 1150. The predicted molar refractivity (Wildman–Crippen MR) is 119 cm³/mol. The van der Waals surface area contributed by atoms with Gasteiger partial charge in [-0.3, -0.25) is 4.79 Å². The number of aliphatic hydroxyl groups excluding tert-OH is 1. The van der Waals surface area contributed by atoms with Crippen molar-refractivity contribution in [1.29, 1.82) is 0 Å². The van der Waals surface area contributed by atoms with Crippen LogP contribution in [-0.4, -0.2) is 35.4 Å². The first-order chi connectivity index (χ1) is 15.0. The van der Waals surface area contributed by atoms with E-state index in [0.29, 0.717) is 12.8 Å². The monoisotopic (exact) mass is 481 g/mol. The molecule has 0 aliphatic heterocycles. The molecule has 2 aromatic carbocycles. The zero-order chi connectivity index (χ0) is 23.3. The van der Waals surface area contributed by atoms with Gasteiger partial charge in [0.2, 0.25) is 0 Å². The highest BCUT2D eigenvalue weighted by atomic mass is 35.5. The van der Waals surface area contributed by atoms with Crippen LogP contribution in [-0.2, 0) is 16.4 Å². The second kappa shape index (κ2) is 8.41. The minimum Gasteiger partial charge on any atom is -0.392 e. The van der Waals surface area contributed by atoms with Crippen molar-refractivity contribution < 1.29 is 27.8 Å². The van der Waals surface area contributed by atoms with E-state index in [2.05, 4.69) is 5.32 Å². The molecule has 2 aliphatic carbocycles. The molecule has 32 heavy (non-hydrogen) atoms. The molecule has 4 atom stereocenters. The van der Waals surface area contributed by atoms with Crippen LogP contribution in [0.25, 0.3) is 0 Å². The number of sulfone groups is 1. The lowest BCUT2D eigenvalue weighted by Crippen LogP contribution is -2.45. The summed E-state index contributed by atoms with van der Waals surface area (Å²) in [5.41, 5.74) is -0.454. The molecule has 0 heterocycles. The first-order valence-corrected chi connectivity index (χ1v) is 12.4. The topological polar surface area (TPSA) is 104 Å². The van der Waals surface area contributed by atoms with Gasteiger partial charge in [0.1, 0.15) is 5.82 Å². The van der Waals surface area contributed by atoms with Gasteiger partial charge in [-0.1, -0.05) is 11.6 Å². The van der Waals surface area contributed by atoms with E-state index in [9.17, 15) is 27.8 Å². The molecule has 4 rings (SSSR count). The van der Waals surface area contributed by atoms with Crippen LogP contribution in [0.1, 0.15) is 48.5 Å². The molecule has 172 valence electrons. The van der Waals surface area contributed by atoms with Gasteiger partial charge in [-0.25, -0.2) is 12.8 Å². The van der Waals surface area contributed by atoms with Crippen molar-refractivity contribution in [3.63, 3.8) is 0 Å². The molecule has 9 heteroatoms. The number of hydrogen-bond acceptors (Lipinski definition) is 5. The molecule has 2 fully saturated rings. The lowest BCUT2D eigenvalue weighted by atomic mass is 9.76. The van der Waals surface area contributed by atoms with Crippen LogP contribution >= 0.6 is 11.6 Å². The van der Waals surface area contributed by atoms with Crippen LogP contribution in [0.2, 0.25) is 5.02 Å². The average Bonchev–Trinajstić information content (AvgIpc) is 2.92. The van der Waals surface area contributed by atoms with Crippen LogP contribution in [0.5, 0.6) is 0 Å². The lowest BCUT2D eigenvalue weighted by molar-refractivity contribution is -0.0413. The van der Waals surface area contributed by atoms with Crippen molar-refractivity contribution in [3.05, 3.63) is 58.4 Å². The van der Waals surface area contributed by atoms with Crippen molar-refractivity contribution in [3.8, 4) is 0 Å². The molecule has 2 aromatic rings. The second-order valence-corrected chi connectivity index (χ2v) is 11.5. The van der Waals surface area contributed by atoms with Crippen LogP contribution in [0.4, 0.5) is 10.1 Å². The molecule has 0 spiro atoms. The highest BCUT2D eigenvalue weighted by Gasteiger charge is 2.53. The third kappa shape index (κ3) is 4.05. The SMILES string of the molecule is C[C@@]1(O)C2CC[C@H]1C[C@H](S(=O)(=O)c1cc(C(=O)Nc3ccc(F)c(CO)c3)ccc1Cl)C2. The van der Waals surface area contributed by atoms with Crippen LogP contribution in [0.3, 0.4) is 0 Å². The van der Waals surface area contributed by atoms with E-state index in [-0.39, 0.29) is 38.6 Å². The van der Waals surface area contributed by atoms with Gasteiger partial charge in [-0.2, -0.15) is 0 Å². The number of hydrogen-bond donors (Lipinski definition) is 3. The highest BCUT2D eigenvalue weighted by Crippen LogP contribution is 2.51. The summed E-state index contributed by atoms with van der Waals surface area (Å²) in [5, 5.41) is 21.8. The molecule has 2 saturated carbocycles. The van der Waals surface area contributed by atoms with E-state index in [1.54, 1.807) is 6.92 Å². The van der Waals surface area contributed by atoms with Crippen molar-refractivity contribution >= 4 is 33.0 Å². The normalized spacial score (nSPS) is 27.3. The van der Waals surface area contributed by atoms with E-state index < -0.39 is 39.0 Å². The van der Waals surface area contributed by atoms with Crippen LogP contribution in [0.15, 0.2) is 41.3 Å². The fourth-order valence-electron chi connectivity index (χ4n) is 5.04. The first-order valence-electron chi connectivity index (χ1n) is 10.5. The summed E-state index contributed by atoms with van der Waals surface area (Å²) < 4.78 is 40.4. The summed E-state index contributed by atoms with van der Waals surface area (Å²) >= 11 is 6.24. The molecule has 3 N–H and O–H groups in total. The number of carbonyl (C=O) groups excluding carboxylic acids is 1. The summed E-state index contributed by atoms with van der Waals surface area (Å²) in [7, 11) is -3.82. The number of halogens is 2. The molecule has 0 saturated heterocycles. The number of nitrogens with one attached hydrogen (secondary N) is 1. The highest BCUT2D eigenvalue weighted by molar-refractivity contribution is 7.92. The van der Waals surface area contributed by atoms with E-state index >= 15 is 0 Å².